The third kappa shape index (κ3) is 3.50. The van der Waals surface area contributed by atoms with Gasteiger partial charge in [-0.25, -0.2) is 9.99 Å². The summed E-state index contributed by atoms with van der Waals surface area (Å²) in [7, 11) is 0. The molecule has 1 aromatic rings. The van der Waals surface area contributed by atoms with Crippen molar-refractivity contribution < 1.29 is 4.79 Å². The Balaban J connectivity index is 2.24. The first-order valence-electron chi connectivity index (χ1n) is 6.27. The first-order chi connectivity index (χ1) is 9.61. The predicted octanol–water partition coefficient (Wildman–Crippen LogP) is 3.13. The van der Waals surface area contributed by atoms with Crippen LogP contribution in [0.15, 0.2) is 17.2 Å². The molecular weight excluding hydrogens is 297 g/mol. The van der Waals surface area contributed by atoms with Crippen molar-refractivity contribution >= 4 is 34.8 Å². The molecule has 2 rings (SSSR count). The van der Waals surface area contributed by atoms with E-state index in [4.69, 9.17) is 23.2 Å². The number of halogens is 2. The van der Waals surface area contributed by atoms with Crippen LogP contribution < -0.4 is 0 Å². The Hall–Kier alpha value is -1.57. The number of nitrogens with zero attached hydrogens (tertiary/aromatic N) is 3. The second-order valence-corrected chi connectivity index (χ2v) is 4.94. The van der Waals surface area contributed by atoms with Crippen molar-refractivity contribution in [3.63, 3.8) is 0 Å². The van der Waals surface area contributed by atoms with Crippen LogP contribution in [0.5, 0.6) is 0 Å². The van der Waals surface area contributed by atoms with Gasteiger partial charge in [-0.2, -0.15) is 5.10 Å². The number of aromatic nitrogens is 1. The van der Waals surface area contributed by atoms with Gasteiger partial charge in [-0.15, -0.1) is 5.92 Å². The quantitative estimate of drug-likeness (QED) is 0.622. The zero-order valence-electron chi connectivity index (χ0n) is 11.0. The molecule has 1 aromatic heterocycles. The highest BCUT2D eigenvalue weighted by Crippen LogP contribution is 2.21. The molecule has 0 aromatic carbocycles. The molecule has 0 aliphatic carbocycles. The fourth-order valence-electron chi connectivity index (χ4n) is 1.74. The lowest BCUT2D eigenvalue weighted by atomic mass is 10.1. The summed E-state index contributed by atoms with van der Waals surface area (Å²) in [5, 5.41) is 6.32. The molecule has 0 saturated heterocycles. The Bertz CT molecular complexity index is 617. The molecule has 0 radical (unpaired) electrons. The van der Waals surface area contributed by atoms with E-state index in [-0.39, 0.29) is 11.1 Å². The van der Waals surface area contributed by atoms with E-state index < -0.39 is 0 Å². The van der Waals surface area contributed by atoms with E-state index in [1.165, 1.54) is 5.01 Å². The molecule has 0 unspecified atom stereocenters. The number of amides is 1. The number of pyridine rings is 1. The maximum atomic E-state index is 11.8. The second-order valence-electron chi connectivity index (χ2n) is 4.17. The Morgan fingerprint density at radius 1 is 1.30 bits per heavy atom. The molecule has 6 heteroatoms. The SMILES string of the molecule is CCC#CCN1N=C(c2ccc(Cl)c(Cl)n2)CCC1=O. The van der Waals surface area contributed by atoms with E-state index in [2.05, 4.69) is 21.9 Å². The summed E-state index contributed by atoms with van der Waals surface area (Å²) in [5.41, 5.74) is 1.36. The average molecular weight is 310 g/mol. The van der Waals surface area contributed by atoms with Crippen LogP contribution in [0.3, 0.4) is 0 Å². The lowest BCUT2D eigenvalue weighted by Crippen LogP contribution is -2.32. The summed E-state index contributed by atoms with van der Waals surface area (Å²) >= 11 is 11.7. The molecule has 0 bridgehead atoms. The van der Waals surface area contributed by atoms with E-state index in [1.54, 1.807) is 12.1 Å². The molecule has 2 heterocycles. The van der Waals surface area contributed by atoms with Gasteiger partial charge in [0.1, 0.15) is 11.7 Å². The molecule has 1 aliphatic heterocycles. The monoisotopic (exact) mass is 309 g/mol. The van der Waals surface area contributed by atoms with Crippen LogP contribution in [-0.2, 0) is 4.79 Å². The molecule has 0 N–H and O–H groups in total. The summed E-state index contributed by atoms with van der Waals surface area (Å²) < 4.78 is 0. The lowest BCUT2D eigenvalue weighted by molar-refractivity contribution is -0.131. The van der Waals surface area contributed by atoms with E-state index in [0.29, 0.717) is 30.1 Å². The highest BCUT2D eigenvalue weighted by atomic mass is 35.5. The summed E-state index contributed by atoms with van der Waals surface area (Å²) in [4.78, 5) is 16.0. The number of carbonyl (C=O) groups is 1. The van der Waals surface area contributed by atoms with E-state index >= 15 is 0 Å². The van der Waals surface area contributed by atoms with Crippen LogP contribution in [0, 0.1) is 11.8 Å². The van der Waals surface area contributed by atoms with Gasteiger partial charge in [0.2, 0.25) is 5.91 Å². The van der Waals surface area contributed by atoms with Gasteiger partial charge >= 0.3 is 0 Å². The molecule has 1 aliphatic rings. The summed E-state index contributed by atoms with van der Waals surface area (Å²) in [5.74, 6) is 5.80. The minimum absolute atomic E-state index is 0.0285. The fourth-order valence-corrected chi connectivity index (χ4v) is 2.00. The summed E-state index contributed by atoms with van der Waals surface area (Å²) in [6.45, 7) is 2.26. The van der Waals surface area contributed by atoms with Crippen molar-refractivity contribution in [3.05, 3.63) is 28.0 Å². The molecule has 0 saturated carbocycles. The Labute approximate surface area is 127 Å². The van der Waals surface area contributed by atoms with Crippen molar-refractivity contribution in [2.75, 3.05) is 6.54 Å². The summed E-state index contributed by atoms with van der Waals surface area (Å²) in [6, 6.07) is 3.42. The van der Waals surface area contributed by atoms with Crippen molar-refractivity contribution in [2.24, 2.45) is 5.10 Å². The molecule has 0 atom stereocenters. The second kappa shape index (κ2) is 6.74. The van der Waals surface area contributed by atoms with Gasteiger partial charge in [-0.1, -0.05) is 36.0 Å². The maximum Gasteiger partial charge on any atom is 0.243 e. The maximum absolute atomic E-state index is 11.8. The predicted molar refractivity (Wildman–Crippen MR) is 79.8 cm³/mol. The van der Waals surface area contributed by atoms with Gasteiger partial charge in [0.05, 0.1) is 16.4 Å². The smallest absolute Gasteiger partial charge is 0.243 e. The van der Waals surface area contributed by atoms with Crippen molar-refractivity contribution in [2.45, 2.75) is 26.2 Å². The zero-order chi connectivity index (χ0) is 14.5. The number of hydrazone groups is 1. The number of carbonyl (C=O) groups excluding carboxylic acids is 1. The molecule has 20 heavy (non-hydrogen) atoms. The standard InChI is InChI=1S/C14H13Cl2N3O/c1-2-3-4-9-19-13(20)8-7-12(18-19)11-6-5-10(15)14(16)17-11/h5-6H,2,7-9H2,1H3. The topological polar surface area (TPSA) is 45.6 Å². The number of hydrogen-bond acceptors (Lipinski definition) is 3. The van der Waals surface area contributed by atoms with Crippen LogP contribution in [0.25, 0.3) is 0 Å². The van der Waals surface area contributed by atoms with E-state index in [0.717, 1.165) is 12.1 Å². The third-order valence-electron chi connectivity index (χ3n) is 2.73. The minimum atomic E-state index is -0.0285. The molecular formula is C14H13Cl2N3O. The highest BCUT2D eigenvalue weighted by Gasteiger charge is 2.21. The Morgan fingerprint density at radius 3 is 2.80 bits per heavy atom. The van der Waals surface area contributed by atoms with Crippen LogP contribution in [-0.4, -0.2) is 28.2 Å². The van der Waals surface area contributed by atoms with Crippen LogP contribution >= 0.6 is 23.2 Å². The van der Waals surface area contributed by atoms with Gasteiger partial charge < -0.3 is 0 Å². The Kier molecular flexibility index (Phi) is 4.99. The minimum Gasteiger partial charge on any atom is -0.273 e. The van der Waals surface area contributed by atoms with Crippen molar-refractivity contribution in [1.29, 1.82) is 0 Å². The lowest BCUT2D eigenvalue weighted by Gasteiger charge is -2.21. The summed E-state index contributed by atoms with van der Waals surface area (Å²) in [6.07, 6.45) is 1.70. The Morgan fingerprint density at radius 2 is 2.10 bits per heavy atom. The molecule has 1 amide bonds. The molecule has 0 fully saturated rings. The normalized spacial score (nSPS) is 14.7. The van der Waals surface area contributed by atoms with Crippen LogP contribution in [0.1, 0.15) is 31.9 Å². The largest absolute Gasteiger partial charge is 0.273 e. The zero-order valence-corrected chi connectivity index (χ0v) is 12.5. The van der Waals surface area contributed by atoms with Gasteiger partial charge in [0.15, 0.2) is 0 Å². The van der Waals surface area contributed by atoms with Crippen LogP contribution in [0.2, 0.25) is 10.2 Å². The highest BCUT2D eigenvalue weighted by molar-refractivity contribution is 6.41. The van der Waals surface area contributed by atoms with Crippen molar-refractivity contribution in [3.8, 4) is 11.8 Å². The first-order valence-corrected chi connectivity index (χ1v) is 7.03. The van der Waals surface area contributed by atoms with Gasteiger partial charge in [-0.3, -0.25) is 4.79 Å². The average Bonchev–Trinajstić information content (AvgIpc) is 2.44. The van der Waals surface area contributed by atoms with Gasteiger partial charge in [0.25, 0.3) is 0 Å². The third-order valence-corrected chi connectivity index (χ3v) is 3.42. The number of hydrogen-bond donors (Lipinski definition) is 0. The van der Waals surface area contributed by atoms with E-state index in [9.17, 15) is 4.79 Å². The number of rotatable bonds is 2. The molecule has 104 valence electrons. The molecule has 4 nitrogen and oxygen atoms in total. The van der Waals surface area contributed by atoms with Gasteiger partial charge in [0, 0.05) is 19.3 Å². The molecule has 0 spiro atoms. The first kappa shape index (κ1) is 14.8. The van der Waals surface area contributed by atoms with E-state index in [1.807, 2.05) is 6.92 Å². The van der Waals surface area contributed by atoms with Crippen molar-refractivity contribution in [1.82, 2.24) is 9.99 Å². The van der Waals surface area contributed by atoms with Crippen LogP contribution in [0.4, 0.5) is 0 Å². The van der Waals surface area contributed by atoms with Gasteiger partial charge in [-0.05, 0) is 12.1 Å². The fraction of sp³-hybridized carbons (Fsp3) is 0.357.